The van der Waals surface area contributed by atoms with E-state index in [1.165, 1.54) is 4.90 Å². The quantitative estimate of drug-likeness (QED) is 0.747. The Bertz CT molecular complexity index is 919. The first-order valence-electron chi connectivity index (χ1n) is 7.71. The molecular formula is C18H18N4O3. The number of rotatable bonds is 5. The van der Waals surface area contributed by atoms with Gasteiger partial charge in [0.15, 0.2) is 5.69 Å². The number of H-pyrrole nitrogens is 1. The molecule has 0 spiro atoms. The number of para-hydroxylation sites is 1. The molecule has 1 heterocycles. The van der Waals surface area contributed by atoms with E-state index in [4.69, 9.17) is 4.74 Å². The second kappa shape index (κ2) is 7.04. The van der Waals surface area contributed by atoms with E-state index < -0.39 is 0 Å². The van der Waals surface area contributed by atoms with Crippen molar-refractivity contribution in [2.45, 2.75) is 0 Å². The van der Waals surface area contributed by atoms with Crippen molar-refractivity contribution in [2.75, 3.05) is 26.0 Å². The molecule has 1 aromatic heterocycles. The summed E-state index contributed by atoms with van der Waals surface area (Å²) in [5.41, 5.74) is 1.68. The zero-order valence-electron chi connectivity index (χ0n) is 13.9. The number of nitrogens with zero attached hydrogens (tertiary/aromatic N) is 2. The fraction of sp³-hybridized carbons (Fsp3) is 0.167. The van der Waals surface area contributed by atoms with E-state index in [2.05, 4.69) is 15.5 Å². The molecule has 25 heavy (non-hydrogen) atoms. The van der Waals surface area contributed by atoms with Gasteiger partial charge in [-0.1, -0.05) is 24.3 Å². The summed E-state index contributed by atoms with van der Waals surface area (Å²) >= 11 is 0. The highest BCUT2D eigenvalue weighted by molar-refractivity contribution is 6.06. The van der Waals surface area contributed by atoms with Crippen LogP contribution >= 0.6 is 0 Å². The lowest BCUT2D eigenvalue weighted by molar-refractivity contribution is -0.116. The third kappa shape index (κ3) is 3.60. The van der Waals surface area contributed by atoms with Gasteiger partial charge in [0.1, 0.15) is 5.75 Å². The number of likely N-dealkylation sites (N-methyl/N-ethyl adjacent to an activating group) is 1. The van der Waals surface area contributed by atoms with E-state index in [-0.39, 0.29) is 18.4 Å². The zero-order chi connectivity index (χ0) is 17.8. The molecule has 7 heteroatoms. The molecule has 3 aromatic rings. The Hall–Kier alpha value is -3.35. The molecule has 2 amide bonds. The minimum Gasteiger partial charge on any atom is -0.497 e. The van der Waals surface area contributed by atoms with Crippen LogP contribution in [0, 0.1) is 0 Å². The molecule has 0 saturated carbocycles. The Morgan fingerprint density at radius 2 is 2.00 bits per heavy atom. The molecule has 0 bridgehead atoms. The summed E-state index contributed by atoms with van der Waals surface area (Å²) in [6.07, 6.45) is 0. The molecule has 0 aliphatic carbocycles. The molecule has 3 rings (SSSR count). The average Bonchev–Trinajstić information content (AvgIpc) is 3.05. The summed E-state index contributed by atoms with van der Waals surface area (Å²) in [6, 6.07) is 14.4. The fourth-order valence-electron chi connectivity index (χ4n) is 2.50. The molecule has 0 unspecified atom stereocenters. The number of nitrogens with one attached hydrogen (secondary N) is 2. The van der Waals surface area contributed by atoms with Crippen molar-refractivity contribution >= 4 is 28.4 Å². The van der Waals surface area contributed by atoms with Crippen LogP contribution < -0.4 is 10.1 Å². The van der Waals surface area contributed by atoms with Gasteiger partial charge in [0.25, 0.3) is 5.91 Å². The largest absolute Gasteiger partial charge is 0.497 e. The number of hydrogen-bond acceptors (Lipinski definition) is 4. The van der Waals surface area contributed by atoms with Gasteiger partial charge >= 0.3 is 0 Å². The Kier molecular flexibility index (Phi) is 4.65. The van der Waals surface area contributed by atoms with E-state index in [9.17, 15) is 9.59 Å². The number of carbonyl (C=O) groups is 2. The van der Waals surface area contributed by atoms with Gasteiger partial charge in [-0.15, -0.1) is 0 Å². The standard InChI is InChI=1S/C18H18N4O3/c1-22(11-16(23)19-12-6-5-7-13(10-12)25-2)18(24)17-14-8-3-4-9-15(14)20-21-17/h3-10H,11H2,1-2H3,(H,19,23)(H,20,21). The van der Waals surface area contributed by atoms with Gasteiger partial charge in [-0.25, -0.2) is 0 Å². The van der Waals surface area contributed by atoms with Crippen LogP contribution in [0.3, 0.4) is 0 Å². The van der Waals surface area contributed by atoms with Crippen molar-refractivity contribution in [3.63, 3.8) is 0 Å². The Morgan fingerprint density at radius 3 is 2.80 bits per heavy atom. The van der Waals surface area contributed by atoms with Crippen LogP contribution in [0.5, 0.6) is 5.75 Å². The zero-order valence-corrected chi connectivity index (χ0v) is 13.9. The maximum atomic E-state index is 12.6. The van der Waals surface area contributed by atoms with E-state index >= 15 is 0 Å². The summed E-state index contributed by atoms with van der Waals surface area (Å²) in [7, 11) is 3.12. The average molecular weight is 338 g/mol. The van der Waals surface area contributed by atoms with Gasteiger partial charge in [-0.05, 0) is 18.2 Å². The molecule has 7 nitrogen and oxygen atoms in total. The third-order valence-electron chi connectivity index (χ3n) is 3.75. The molecule has 0 atom stereocenters. The van der Waals surface area contributed by atoms with Crippen LogP contribution in [0.2, 0.25) is 0 Å². The maximum absolute atomic E-state index is 12.6. The van der Waals surface area contributed by atoms with Gasteiger partial charge in [-0.3, -0.25) is 14.7 Å². The molecule has 0 radical (unpaired) electrons. The lowest BCUT2D eigenvalue weighted by Gasteiger charge is -2.16. The van der Waals surface area contributed by atoms with Crippen LogP contribution in [-0.2, 0) is 4.79 Å². The van der Waals surface area contributed by atoms with Crippen LogP contribution in [-0.4, -0.2) is 47.6 Å². The number of carbonyl (C=O) groups excluding carboxylic acids is 2. The van der Waals surface area contributed by atoms with Crippen molar-refractivity contribution in [3.05, 3.63) is 54.2 Å². The van der Waals surface area contributed by atoms with E-state index in [1.807, 2.05) is 24.3 Å². The van der Waals surface area contributed by atoms with Crippen molar-refractivity contribution < 1.29 is 14.3 Å². The molecule has 0 aliphatic heterocycles. The molecule has 2 N–H and O–H groups in total. The van der Waals surface area contributed by atoms with Gasteiger partial charge in [0.05, 0.1) is 19.2 Å². The number of fused-ring (bicyclic) bond motifs is 1. The highest BCUT2D eigenvalue weighted by Crippen LogP contribution is 2.18. The Labute approximate surface area is 144 Å². The summed E-state index contributed by atoms with van der Waals surface area (Å²) < 4.78 is 5.12. The summed E-state index contributed by atoms with van der Waals surface area (Å²) in [6.45, 7) is -0.0861. The van der Waals surface area contributed by atoms with Gasteiger partial charge in [-0.2, -0.15) is 5.10 Å². The third-order valence-corrected chi connectivity index (χ3v) is 3.75. The lowest BCUT2D eigenvalue weighted by Crippen LogP contribution is -2.35. The molecule has 0 saturated heterocycles. The number of aromatic amines is 1. The second-order valence-electron chi connectivity index (χ2n) is 5.56. The minimum absolute atomic E-state index is 0.0861. The molecule has 2 aromatic carbocycles. The lowest BCUT2D eigenvalue weighted by atomic mass is 10.2. The number of methoxy groups -OCH3 is 1. The first kappa shape index (κ1) is 16.5. The molecule has 0 fully saturated rings. The number of hydrogen-bond donors (Lipinski definition) is 2. The summed E-state index contributed by atoms with van der Waals surface area (Å²) in [4.78, 5) is 26.1. The molecular weight excluding hydrogens is 320 g/mol. The monoisotopic (exact) mass is 338 g/mol. The van der Waals surface area contributed by atoms with Crippen molar-refractivity contribution in [2.24, 2.45) is 0 Å². The van der Waals surface area contributed by atoms with Gasteiger partial charge in [0.2, 0.25) is 5.91 Å². The Morgan fingerprint density at radius 1 is 1.20 bits per heavy atom. The number of aromatic nitrogens is 2. The van der Waals surface area contributed by atoms with E-state index in [0.29, 0.717) is 17.1 Å². The van der Waals surface area contributed by atoms with E-state index in [0.717, 1.165) is 10.9 Å². The van der Waals surface area contributed by atoms with E-state index in [1.54, 1.807) is 38.4 Å². The number of benzene rings is 2. The van der Waals surface area contributed by atoms with Crippen LogP contribution in [0.4, 0.5) is 5.69 Å². The van der Waals surface area contributed by atoms with Crippen LogP contribution in [0.25, 0.3) is 10.9 Å². The summed E-state index contributed by atoms with van der Waals surface area (Å²) in [5, 5.41) is 10.4. The van der Waals surface area contributed by atoms with Crippen molar-refractivity contribution in [1.82, 2.24) is 15.1 Å². The Balaban J connectivity index is 1.67. The van der Waals surface area contributed by atoms with Gasteiger partial charge in [0, 0.05) is 24.2 Å². The summed E-state index contributed by atoms with van der Waals surface area (Å²) in [5.74, 6) is 0.0208. The second-order valence-corrected chi connectivity index (χ2v) is 5.56. The predicted octanol–water partition coefficient (Wildman–Crippen LogP) is 2.28. The number of ether oxygens (including phenoxy) is 1. The number of amides is 2. The first-order valence-corrected chi connectivity index (χ1v) is 7.71. The minimum atomic E-state index is -0.321. The smallest absolute Gasteiger partial charge is 0.275 e. The van der Waals surface area contributed by atoms with Crippen molar-refractivity contribution in [1.29, 1.82) is 0 Å². The van der Waals surface area contributed by atoms with Gasteiger partial charge < -0.3 is 15.0 Å². The topological polar surface area (TPSA) is 87.3 Å². The van der Waals surface area contributed by atoms with Crippen molar-refractivity contribution in [3.8, 4) is 5.75 Å². The number of anilines is 1. The SMILES string of the molecule is COc1cccc(NC(=O)CN(C)C(=O)c2n[nH]c3ccccc23)c1. The fourth-order valence-corrected chi connectivity index (χ4v) is 2.50. The molecule has 0 aliphatic rings. The van der Waals surface area contributed by atoms with Crippen LogP contribution in [0.15, 0.2) is 48.5 Å². The highest BCUT2D eigenvalue weighted by Gasteiger charge is 2.20. The molecule has 128 valence electrons. The predicted molar refractivity (Wildman–Crippen MR) is 94.7 cm³/mol. The maximum Gasteiger partial charge on any atom is 0.275 e. The normalized spacial score (nSPS) is 10.5. The van der Waals surface area contributed by atoms with Crippen LogP contribution in [0.1, 0.15) is 10.5 Å². The highest BCUT2D eigenvalue weighted by atomic mass is 16.5. The first-order chi connectivity index (χ1) is 12.1.